The highest BCUT2D eigenvalue weighted by atomic mass is 35.5. The van der Waals surface area contributed by atoms with Gasteiger partial charge in [-0.2, -0.15) is 0 Å². The summed E-state index contributed by atoms with van der Waals surface area (Å²) in [5.41, 5.74) is 10.9. The zero-order valence-electron chi connectivity index (χ0n) is 15.7. The second kappa shape index (κ2) is 6.92. The third kappa shape index (κ3) is 3.02. The average molecular weight is 382 g/mol. The second-order valence-corrected chi connectivity index (χ2v) is 7.85. The number of halogens is 1. The monoisotopic (exact) mass is 381 g/mol. The number of aromatic nitrogens is 1. The Balaban J connectivity index is 1.78. The van der Waals surface area contributed by atoms with E-state index in [0.29, 0.717) is 0 Å². The van der Waals surface area contributed by atoms with Gasteiger partial charge in [0.2, 0.25) is 0 Å². The number of hydrogen-bond acceptors (Lipinski definition) is 1. The zero-order valence-corrected chi connectivity index (χ0v) is 16.5. The molecule has 0 saturated heterocycles. The lowest BCUT2D eigenvalue weighted by molar-refractivity contribution is 0.930. The molecule has 0 amide bonds. The van der Waals surface area contributed by atoms with Gasteiger partial charge in [-0.25, -0.2) is 4.98 Å². The average Bonchev–Trinajstić information content (AvgIpc) is 2.74. The molecule has 136 valence electrons. The minimum absolute atomic E-state index is 0.760. The maximum Gasteiger partial charge on any atom is 0.0750 e. The van der Waals surface area contributed by atoms with E-state index in [4.69, 9.17) is 16.6 Å². The van der Waals surface area contributed by atoms with Crippen LogP contribution in [0.25, 0.3) is 33.6 Å². The summed E-state index contributed by atoms with van der Waals surface area (Å²) in [4.78, 5) is 5.13. The molecular weight excluding hydrogens is 362 g/mol. The molecule has 0 atom stereocenters. The molecule has 2 heteroatoms. The number of aryl methyl sites for hydroxylation is 2. The molecule has 1 nitrogen and oxygen atoms in total. The predicted molar refractivity (Wildman–Crippen MR) is 118 cm³/mol. The Morgan fingerprint density at radius 1 is 0.750 bits per heavy atom. The van der Waals surface area contributed by atoms with Gasteiger partial charge in [0.1, 0.15) is 0 Å². The van der Waals surface area contributed by atoms with E-state index in [9.17, 15) is 0 Å². The van der Waals surface area contributed by atoms with Gasteiger partial charge in [0, 0.05) is 16.1 Å². The van der Waals surface area contributed by atoms with E-state index in [-0.39, 0.29) is 0 Å². The molecule has 3 aromatic carbocycles. The van der Waals surface area contributed by atoms with Crippen LogP contribution in [0.15, 0.2) is 78.9 Å². The Bertz CT molecular complexity index is 1160. The first-order valence-corrected chi connectivity index (χ1v) is 10.0. The Morgan fingerprint density at radius 3 is 2.25 bits per heavy atom. The molecular formula is C26H20ClN. The van der Waals surface area contributed by atoms with E-state index < -0.39 is 0 Å². The van der Waals surface area contributed by atoms with Gasteiger partial charge < -0.3 is 0 Å². The summed E-state index contributed by atoms with van der Waals surface area (Å²) in [7, 11) is 0. The second-order valence-electron chi connectivity index (χ2n) is 7.41. The number of rotatable bonds is 2. The maximum absolute atomic E-state index is 6.14. The summed E-state index contributed by atoms with van der Waals surface area (Å²) in [5.74, 6) is 0. The molecule has 0 spiro atoms. The lowest BCUT2D eigenvalue weighted by Gasteiger charge is -2.23. The van der Waals surface area contributed by atoms with Gasteiger partial charge in [-0.15, -0.1) is 0 Å². The predicted octanol–water partition coefficient (Wildman–Crippen LogP) is 7.14. The summed E-state index contributed by atoms with van der Waals surface area (Å²) < 4.78 is 0. The molecule has 0 aliphatic heterocycles. The van der Waals surface area contributed by atoms with Crippen LogP contribution in [-0.4, -0.2) is 4.98 Å². The zero-order chi connectivity index (χ0) is 19.1. The van der Waals surface area contributed by atoms with E-state index in [1.165, 1.54) is 33.4 Å². The number of nitrogens with zero attached hydrogens (tertiary/aromatic N) is 1. The smallest absolute Gasteiger partial charge is 0.0750 e. The van der Waals surface area contributed by atoms with Gasteiger partial charge in [-0.05, 0) is 60.2 Å². The summed E-state index contributed by atoms with van der Waals surface area (Å²) in [6.07, 6.45) is 2.06. The third-order valence-electron chi connectivity index (χ3n) is 5.54. The van der Waals surface area contributed by atoms with E-state index in [1.807, 2.05) is 12.1 Å². The van der Waals surface area contributed by atoms with Crippen LogP contribution >= 0.6 is 11.6 Å². The van der Waals surface area contributed by atoms with Crippen LogP contribution in [0.5, 0.6) is 0 Å². The third-order valence-corrected chi connectivity index (χ3v) is 5.80. The Labute approximate surface area is 170 Å². The van der Waals surface area contributed by atoms with Gasteiger partial charge >= 0.3 is 0 Å². The van der Waals surface area contributed by atoms with Gasteiger partial charge in [0.05, 0.1) is 11.4 Å². The van der Waals surface area contributed by atoms with Crippen LogP contribution in [0.3, 0.4) is 0 Å². The van der Waals surface area contributed by atoms with E-state index in [2.05, 4.69) is 73.7 Å². The number of benzene rings is 3. The Morgan fingerprint density at radius 2 is 1.46 bits per heavy atom. The molecule has 4 aromatic rings. The highest BCUT2D eigenvalue weighted by Gasteiger charge is 2.22. The fraction of sp³-hybridized carbons (Fsp3) is 0.115. The summed E-state index contributed by atoms with van der Waals surface area (Å²) in [5, 5.41) is 0.760. The van der Waals surface area contributed by atoms with Crippen molar-refractivity contribution in [1.82, 2.24) is 4.98 Å². The van der Waals surface area contributed by atoms with E-state index in [0.717, 1.165) is 34.8 Å². The lowest BCUT2D eigenvalue weighted by Crippen LogP contribution is -2.08. The normalized spacial score (nSPS) is 12.4. The molecule has 1 heterocycles. The molecule has 0 bridgehead atoms. The largest absolute Gasteiger partial charge is 0.247 e. The first-order valence-electron chi connectivity index (χ1n) is 9.64. The molecule has 0 unspecified atom stereocenters. The quantitative estimate of drug-likeness (QED) is 0.359. The lowest BCUT2D eigenvalue weighted by atomic mass is 9.84. The summed E-state index contributed by atoms with van der Waals surface area (Å²) >= 11 is 6.14. The van der Waals surface area contributed by atoms with E-state index in [1.54, 1.807) is 0 Å². The molecule has 0 saturated carbocycles. The molecule has 0 fully saturated rings. The first-order chi connectivity index (χ1) is 13.7. The highest BCUT2D eigenvalue weighted by Crippen LogP contribution is 2.40. The van der Waals surface area contributed by atoms with Crippen molar-refractivity contribution in [3.05, 3.63) is 101 Å². The van der Waals surface area contributed by atoms with Gasteiger partial charge in [-0.1, -0.05) is 77.8 Å². The minimum atomic E-state index is 0.760. The van der Waals surface area contributed by atoms with Crippen molar-refractivity contribution >= 4 is 11.6 Å². The van der Waals surface area contributed by atoms with Gasteiger partial charge in [-0.3, -0.25) is 0 Å². The number of pyridine rings is 1. The SMILES string of the molecule is Cc1ccc(-c2cc(-c3ccc(Cl)cc3)c3c(n2)-c2ccccc2CC3)cc1. The van der Waals surface area contributed by atoms with Crippen molar-refractivity contribution < 1.29 is 0 Å². The standard InChI is InChI=1S/C26H20ClN/c1-17-6-8-20(9-7-17)25-16-24(19-10-13-21(27)14-11-19)23-15-12-18-4-2-3-5-22(18)26(23)28-25/h2-11,13-14,16H,12,15H2,1H3. The molecule has 1 aromatic heterocycles. The van der Waals surface area contributed by atoms with Crippen LogP contribution in [0, 0.1) is 6.92 Å². The Hall–Kier alpha value is -2.90. The van der Waals surface area contributed by atoms with Crippen LogP contribution in [0.4, 0.5) is 0 Å². The van der Waals surface area contributed by atoms with Crippen molar-refractivity contribution in [2.75, 3.05) is 0 Å². The van der Waals surface area contributed by atoms with E-state index >= 15 is 0 Å². The number of hydrogen-bond donors (Lipinski definition) is 0. The van der Waals surface area contributed by atoms with Gasteiger partial charge in [0.25, 0.3) is 0 Å². The summed E-state index contributed by atoms with van der Waals surface area (Å²) in [6.45, 7) is 2.11. The van der Waals surface area contributed by atoms with Crippen molar-refractivity contribution in [3.8, 4) is 33.6 Å². The molecule has 1 aliphatic rings. The molecule has 1 aliphatic carbocycles. The Kier molecular flexibility index (Phi) is 4.26. The van der Waals surface area contributed by atoms with Crippen molar-refractivity contribution in [2.24, 2.45) is 0 Å². The fourth-order valence-electron chi connectivity index (χ4n) is 4.04. The maximum atomic E-state index is 6.14. The molecule has 0 N–H and O–H groups in total. The van der Waals surface area contributed by atoms with Crippen molar-refractivity contribution in [3.63, 3.8) is 0 Å². The molecule has 28 heavy (non-hydrogen) atoms. The van der Waals surface area contributed by atoms with Crippen molar-refractivity contribution in [2.45, 2.75) is 19.8 Å². The highest BCUT2D eigenvalue weighted by molar-refractivity contribution is 6.30. The summed E-state index contributed by atoms with van der Waals surface area (Å²) in [6, 6.07) is 27.6. The van der Waals surface area contributed by atoms with Gasteiger partial charge in [0.15, 0.2) is 0 Å². The van der Waals surface area contributed by atoms with Crippen molar-refractivity contribution in [1.29, 1.82) is 0 Å². The van der Waals surface area contributed by atoms with Crippen LogP contribution < -0.4 is 0 Å². The minimum Gasteiger partial charge on any atom is -0.247 e. The van der Waals surface area contributed by atoms with Crippen LogP contribution in [-0.2, 0) is 12.8 Å². The number of fused-ring (bicyclic) bond motifs is 3. The van der Waals surface area contributed by atoms with Crippen LogP contribution in [0.2, 0.25) is 5.02 Å². The fourth-order valence-corrected chi connectivity index (χ4v) is 4.16. The topological polar surface area (TPSA) is 12.9 Å². The first kappa shape index (κ1) is 17.2. The van der Waals surface area contributed by atoms with Crippen LogP contribution in [0.1, 0.15) is 16.7 Å². The molecule has 5 rings (SSSR count). The molecule has 0 radical (unpaired) electrons.